The molecule has 0 N–H and O–H groups in total. The van der Waals surface area contributed by atoms with Crippen molar-refractivity contribution in [2.24, 2.45) is 7.05 Å². The van der Waals surface area contributed by atoms with Gasteiger partial charge in [-0.15, -0.1) is 0 Å². The Morgan fingerprint density at radius 3 is 2.52 bits per heavy atom. The van der Waals surface area contributed by atoms with Crippen LogP contribution in [0.1, 0.15) is 25.2 Å². The van der Waals surface area contributed by atoms with Gasteiger partial charge in [0.1, 0.15) is 11.6 Å². The highest BCUT2D eigenvalue weighted by Crippen LogP contribution is 2.29. The van der Waals surface area contributed by atoms with E-state index in [1.807, 2.05) is 26.1 Å². The maximum Gasteiger partial charge on any atom is 0.191 e. The minimum absolute atomic E-state index is 0.677. The van der Waals surface area contributed by atoms with Gasteiger partial charge in [0.2, 0.25) is 0 Å². The van der Waals surface area contributed by atoms with Crippen LogP contribution in [0.5, 0.6) is 5.75 Å². The van der Waals surface area contributed by atoms with E-state index in [-0.39, 0.29) is 0 Å². The summed E-state index contributed by atoms with van der Waals surface area (Å²) in [5.41, 5.74) is 3.00. The highest BCUT2D eigenvalue weighted by Gasteiger charge is 2.21. The molecule has 1 saturated heterocycles. The highest BCUT2D eigenvalue weighted by atomic mass is 32.2. The predicted molar refractivity (Wildman–Crippen MR) is 116 cm³/mol. The van der Waals surface area contributed by atoms with Gasteiger partial charge in [0.15, 0.2) is 22.1 Å². The molecule has 0 amide bonds. The van der Waals surface area contributed by atoms with Crippen molar-refractivity contribution in [2.75, 3.05) is 37.8 Å². The third kappa shape index (κ3) is 4.33. The molecule has 7 nitrogen and oxygen atoms in total. The van der Waals surface area contributed by atoms with Gasteiger partial charge < -0.3 is 18.9 Å². The Bertz CT molecular complexity index is 967. The SMILES string of the molecule is CCOc1ccc(CSc2nc(N3CCOCC3)c3nc(CC)n(C)c3n2)cc1. The fourth-order valence-corrected chi connectivity index (χ4v) is 4.24. The van der Waals surface area contributed by atoms with E-state index in [1.165, 1.54) is 5.56 Å². The summed E-state index contributed by atoms with van der Waals surface area (Å²) in [7, 11) is 2.03. The quantitative estimate of drug-likeness (QED) is 0.434. The molecule has 0 bridgehead atoms. The number of nitrogens with zero attached hydrogens (tertiary/aromatic N) is 5. The minimum Gasteiger partial charge on any atom is -0.494 e. The Morgan fingerprint density at radius 1 is 1.07 bits per heavy atom. The third-order valence-electron chi connectivity index (χ3n) is 5.00. The second-order valence-electron chi connectivity index (χ2n) is 6.91. The molecule has 1 aliphatic rings. The van der Waals surface area contributed by atoms with E-state index in [2.05, 4.69) is 28.5 Å². The van der Waals surface area contributed by atoms with E-state index in [9.17, 15) is 0 Å². The summed E-state index contributed by atoms with van der Waals surface area (Å²) in [6.45, 7) is 7.87. The monoisotopic (exact) mass is 413 g/mol. The Morgan fingerprint density at radius 2 is 1.83 bits per heavy atom. The molecule has 154 valence electrons. The summed E-state index contributed by atoms with van der Waals surface area (Å²) in [6, 6.07) is 8.21. The Hall–Kier alpha value is -2.32. The van der Waals surface area contributed by atoms with Crippen LogP contribution in [0.15, 0.2) is 29.4 Å². The van der Waals surface area contributed by atoms with E-state index in [0.717, 1.165) is 59.0 Å². The minimum atomic E-state index is 0.677. The van der Waals surface area contributed by atoms with E-state index in [0.29, 0.717) is 19.8 Å². The van der Waals surface area contributed by atoms with Gasteiger partial charge in [0, 0.05) is 32.3 Å². The van der Waals surface area contributed by atoms with Gasteiger partial charge in [-0.25, -0.2) is 15.0 Å². The molecule has 2 aromatic heterocycles. The summed E-state index contributed by atoms with van der Waals surface area (Å²) >= 11 is 1.65. The fraction of sp³-hybridized carbons (Fsp3) is 0.476. The first kappa shape index (κ1) is 20.0. The van der Waals surface area contributed by atoms with Crippen LogP contribution in [-0.2, 0) is 24.0 Å². The van der Waals surface area contributed by atoms with Crippen LogP contribution >= 0.6 is 11.8 Å². The van der Waals surface area contributed by atoms with Crippen LogP contribution in [0.2, 0.25) is 0 Å². The van der Waals surface area contributed by atoms with Crippen molar-refractivity contribution >= 4 is 28.7 Å². The predicted octanol–water partition coefficient (Wildman–Crippen LogP) is 3.45. The van der Waals surface area contributed by atoms with Crippen molar-refractivity contribution in [3.05, 3.63) is 35.7 Å². The second kappa shape index (κ2) is 9.00. The molecule has 1 fully saturated rings. The molecule has 29 heavy (non-hydrogen) atoms. The Labute approximate surface area is 175 Å². The van der Waals surface area contributed by atoms with Gasteiger partial charge in [-0.05, 0) is 24.6 Å². The number of ether oxygens (including phenoxy) is 2. The number of hydrogen-bond donors (Lipinski definition) is 0. The first-order valence-electron chi connectivity index (χ1n) is 10.1. The molecule has 8 heteroatoms. The highest BCUT2D eigenvalue weighted by molar-refractivity contribution is 7.98. The lowest BCUT2D eigenvalue weighted by Crippen LogP contribution is -2.37. The van der Waals surface area contributed by atoms with Crippen molar-refractivity contribution in [3.8, 4) is 5.75 Å². The van der Waals surface area contributed by atoms with Gasteiger partial charge in [-0.2, -0.15) is 0 Å². The molecular weight excluding hydrogens is 386 g/mol. The molecule has 3 aromatic rings. The van der Waals surface area contributed by atoms with Gasteiger partial charge in [-0.3, -0.25) is 0 Å². The van der Waals surface area contributed by atoms with Crippen LogP contribution in [0.25, 0.3) is 11.2 Å². The first-order valence-corrected chi connectivity index (χ1v) is 11.1. The van der Waals surface area contributed by atoms with Gasteiger partial charge in [0.05, 0.1) is 19.8 Å². The van der Waals surface area contributed by atoms with Crippen LogP contribution in [0, 0.1) is 0 Å². The van der Waals surface area contributed by atoms with Crippen LogP contribution < -0.4 is 9.64 Å². The van der Waals surface area contributed by atoms with Crippen LogP contribution in [0.3, 0.4) is 0 Å². The van der Waals surface area contributed by atoms with Gasteiger partial charge in [0.25, 0.3) is 0 Å². The van der Waals surface area contributed by atoms with Crippen molar-refractivity contribution in [1.82, 2.24) is 19.5 Å². The zero-order valence-electron chi connectivity index (χ0n) is 17.2. The zero-order valence-corrected chi connectivity index (χ0v) is 18.0. The average molecular weight is 414 g/mol. The maximum atomic E-state index is 5.52. The Balaban J connectivity index is 1.62. The normalized spacial score (nSPS) is 14.5. The summed E-state index contributed by atoms with van der Waals surface area (Å²) in [4.78, 5) is 16.8. The third-order valence-corrected chi connectivity index (χ3v) is 5.92. The molecule has 0 aliphatic carbocycles. The lowest BCUT2D eigenvalue weighted by molar-refractivity contribution is 0.122. The molecule has 0 saturated carbocycles. The van der Waals surface area contributed by atoms with E-state index >= 15 is 0 Å². The van der Waals surface area contributed by atoms with Crippen molar-refractivity contribution in [1.29, 1.82) is 0 Å². The van der Waals surface area contributed by atoms with Gasteiger partial charge in [-0.1, -0.05) is 30.8 Å². The summed E-state index contributed by atoms with van der Waals surface area (Å²) in [5, 5.41) is 0.776. The van der Waals surface area contributed by atoms with E-state index < -0.39 is 0 Å². The molecular formula is C21H27N5O2S. The lowest BCUT2D eigenvalue weighted by Gasteiger charge is -2.28. The molecule has 0 spiro atoms. The fourth-order valence-electron chi connectivity index (χ4n) is 3.45. The number of fused-ring (bicyclic) bond motifs is 1. The molecule has 1 aromatic carbocycles. The standard InChI is InChI=1S/C21H27N5O2S/c1-4-17-22-18-19(25(17)3)23-21(24-20(18)26-10-12-27-13-11-26)29-14-15-6-8-16(9-7-15)28-5-2/h6-9H,4-5,10-14H2,1-3H3. The van der Waals surface area contributed by atoms with E-state index in [1.54, 1.807) is 11.8 Å². The number of thioether (sulfide) groups is 1. The number of morpholine rings is 1. The van der Waals surface area contributed by atoms with Crippen LogP contribution in [0.4, 0.5) is 5.82 Å². The topological polar surface area (TPSA) is 65.3 Å². The number of rotatable bonds is 7. The Kier molecular flexibility index (Phi) is 6.20. The number of anilines is 1. The number of aryl methyl sites for hydroxylation is 2. The van der Waals surface area contributed by atoms with Crippen molar-refractivity contribution < 1.29 is 9.47 Å². The largest absolute Gasteiger partial charge is 0.494 e. The second-order valence-corrected chi connectivity index (χ2v) is 7.85. The van der Waals surface area contributed by atoms with Crippen LogP contribution in [-0.4, -0.2) is 52.4 Å². The van der Waals surface area contributed by atoms with Crippen molar-refractivity contribution in [2.45, 2.75) is 31.2 Å². The lowest BCUT2D eigenvalue weighted by atomic mass is 10.2. The molecule has 0 atom stereocenters. The summed E-state index contributed by atoms with van der Waals surface area (Å²) in [6.07, 6.45) is 0.865. The number of aromatic nitrogens is 4. The number of benzene rings is 1. The molecule has 3 heterocycles. The molecule has 4 rings (SSSR count). The van der Waals surface area contributed by atoms with E-state index in [4.69, 9.17) is 24.4 Å². The van der Waals surface area contributed by atoms with Gasteiger partial charge >= 0.3 is 0 Å². The molecule has 0 unspecified atom stereocenters. The smallest absolute Gasteiger partial charge is 0.191 e. The number of imidazole rings is 1. The first-order chi connectivity index (χ1) is 14.2. The summed E-state index contributed by atoms with van der Waals surface area (Å²) < 4.78 is 13.1. The summed E-state index contributed by atoms with van der Waals surface area (Å²) in [5.74, 6) is 3.65. The van der Waals surface area contributed by atoms with Crippen molar-refractivity contribution in [3.63, 3.8) is 0 Å². The zero-order chi connectivity index (χ0) is 20.2. The maximum absolute atomic E-state index is 5.52. The number of hydrogen-bond acceptors (Lipinski definition) is 7. The molecule has 0 radical (unpaired) electrons. The molecule has 1 aliphatic heterocycles. The average Bonchev–Trinajstić information content (AvgIpc) is 3.09.